The molecule has 190 valence electrons. The number of nitrogens with zero attached hydrogens (tertiary/aromatic N) is 1. The van der Waals surface area contributed by atoms with Gasteiger partial charge in [-0.15, -0.1) is 6.58 Å². The minimum absolute atomic E-state index is 0.129. The number of sulfonamides is 1. The summed E-state index contributed by atoms with van der Waals surface area (Å²) in [6, 6.07) is 9.44. The molecule has 1 aliphatic heterocycles. The minimum atomic E-state index is -3.82. The fourth-order valence-corrected chi connectivity index (χ4v) is 6.75. The van der Waals surface area contributed by atoms with Crippen molar-refractivity contribution in [3.63, 3.8) is 0 Å². The summed E-state index contributed by atoms with van der Waals surface area (Å²) in [5.74, 6) is -2.07. The highest BCUT2D eigenvalue weighted by molar-refractivity contribution is 7.91. The summed E-state index contributed by atoms with van der Waals surface area (Å²) in [4.78, 5) is 40.8. The summed E-state index contributed by atoms with van der Waals surface area (Å²) in [6.45, 7) is 9.26. The van der Waals surface area contributed by atoms with Crippen LogP contribution >= 0.6 is 0 Å². The van der Waals surface area contributed by atoms with Crippen LogP contribution in [-0.2, 0) is 19.6 Å². The van der Waals surface area contributed by atoms with Crippen LogP contribution in [0.5, 0.6) is 0 Å². The molecule has 1 aromatic rings. The van der Waals surface area contributed by atoms with Crippen LogP contribution in [0.2, 0.25) is 0 Å². The molecule has 35 heavy (non-hydrogen) atoms. The van der Waals surface area contributed by atoms with Crippen LogP contribution in [0.15, 0.2) is 43.0 Å². The molecule has 1 saturated heterocycles. The third-order valence-electron chi connectivity index (χ3n) is 7.76. The first-order valence-electron chi connectivity index (χ1n) is 11.9. The van der Waals surface area contributed by atoms with Crippen LogP contribution in [0.1, 0.15) is 57.9 Å². The lowest BCUT2D eigenvalue weighted by atomic mass is 9.69. The van der Waals surface area contributed by atoms with Gasteiger partial charge in [0.25, 0.3) is 5.91 Å². The lowest BCUT2D eigenvalue weighted by molar-refractivity contribution is -0.141. The van der Waals surface area contributed by atoms with Gasteiger partial charge < -0.3 is 10.4 Å². The van der Waals surface area contributed by atoms with E-state index in [1.54, 1.807) is 20.8 Å². The van der Waals surface area contributed by atoms with Crippen molar-refractivity contribution in [2.24, 2.45) is 11.3 Å². The van der Waals surface area contributed by atoms with E-state index < -0.39 is 55.6 Å². The second-order valence-corrected chi connectivity index (χ2v) is 12.9. The number of hydrogen-bond acceptors (Lipinski definition) is 5. The molecule has 3 aliphatic rings. The first kappa shape index (κ1) is 25.2. The maximum Gasteiger partial charge on any atom is 0.408 e. The molecule has 3 N–H and O–H groups in total. The fourth-order valence-electron chi connectivity index (χ4n) is 5.39. The van der Waals surface area contributed by atoms with Crippen molar-refractivity contribution >= 4 is 27.9 Å². The molecule has 4 atom stereocenters. The Bertz CT molecular complexity index is 1160. The van der Waals surface area contributed by atoms with Gasteiger partial charge in [0.05, 0.1) is 5.25 Å². The van der Waals surface area contributed by atoms with Crippen molar-refractivity contribution in [3.05, 3.63) is 48.6 Å². The van der Waals surface area contributed by atoms with E-state index in [-0.39, 0.29) is 25.3 Å². The van der Waals surface area contributed by atoms with Gasteiger partial charge in [0.15, 0.2) is 0 Å². The van der Waals surface area contributed by atoms with Crippen molar-refractivity contribution in [2.75, 3.05) is 6.54 Å². The number of benzene rings is 1. The largest absolute Gasteiger partial charge is 0.465 e. The first-order valence-corrected chi connectivity index (χ1v) is 13.4. The van der Waals surface area contributed by atoms with E-state index in [1.807, 2.05) is 30.3 Å². The SMILES string of the molecule is C=C[C@@H]1C[C@]1(NC(=O)[C@@]1(C(C)(C)C)C[C@@H](c2ccccc2)CN1C(=O)O)C(=O)NS(=O)(=O)C1CC1. The average molecular weight is 504 g/mol. The Kier molecular flexibility index (Phi) is 6.02. The molecule has 10 heteroatoms. The predicted octanol–water partition coefficient (Wildman–Crippen LogP) is 2.61. The van der Waals surface area contributed by atoms with Gasteiger partial charge in [-0.3, -0.25) is 19.2 Å². The normalized spacial score (nSPS) is 30.4. The average Bonchev–Trinajstić information content (AvgIpc) is 3.69. The maximum atomic E-state index is 14.1. The van der Waals surface area contributed by atoms with Gasteiger partial charge in [-0.05, 0) is 36.7 Å². The van der Waals surface area contributed by atoms with Gasteiger partial charge in [0.1, 0.15) is 11.1 Å². The van der Waals surface area contributed by atoms with Crippen LogP contribution in [-0.4, -0.2) is 59.2 Å². The number of carboxylic acid groups (broad SMARTS) is 1. The molecule has 0 spiro atoms. The molecule has 1 aromatic carbocycles. The lowest BCUT2D eigenvalue weighted by Crippen LogP contribution is -2.67. The molecule has 2 saturated carbocycles. The fraction of sp³-hybridized carbons (Fsp3) is 0.560. The Morgan fingerprint density at radius 3 is 2.23 bits per heavy atom. The second kappa shape index (κ2) is 8.36. The highest BCUT2D eigenvalue weighted by atomic mass is 32.2. The Hall–Kier alpha value is -2.88. The molecular weight excluding hydrogens is 470 g/mol. The zero-order valence-electron chi connectivity index (χ0n) is 20.3. The monoisotopic (exact) mass is 503 g/mol. The van der Waals surface area contributed by atoms with Crippen molar-refractivity contribution in [1.82, 2.24) is 14.9 Å². The van der Waals surface area contributed by atoms with Crippen LogP contribution in [0.25, 0.3) is 0 Å². The van der Waals surface area contributed by atoms with Crippen molar-refractivity contribution < 1.29 is 27.9 Å². The number of hydrogen-bond donors (Lipinski definition) is 3. The van der Waals surface area contributed by atoms with Crippen molar-refractivity contribution in [2.45, 2.75) is 68.7 Å². The van der Waals surface area contributed by atoms with Gasteiger partial charge in [0, 0.05) is 18.4 Å². The summed E-state index contributed by atoms with van der Waals surface area (Å²) < 4.78 is 27.0. The quantitative estimate of drug-likeness (QED) is 0.490. The van der Waals surface area contributed by atoms with Gasteiger partial charge in [-0.2, -0.15) is 0 Å². The van der Waals surface area contributed by atoms with Crippen LogP contribution in [0.3, 0.4) is 0 Å². The lowest BCUT2D eigenvalue weighted by Gasteiger charge is -2.46. The number of nitrogens with one attached hydrogen (secondary N) is 2. The van der Waals surface area contributed by atoms with Crippen molar-refractivity contribution in [1.29, 1.82) is 0 Å². The Morgan fingerprint density at radius 2 is 1.74 bits per heavy atom. The van der Waals surface area contributed by atoms with E-state index in [1.165, 1.54) is 11.0 Å². The topological polar surface area (TPSA) is 133 Å². The van der Waals surface area contributed by atoms with Crippen LogP contribution < -0.4 is 10.0 Å². The Balaban J connectivity index is 1.68. The van der Waals surface area contributed by atoms with E-state index in [2.05, 4.69) is 16.6 Å². The highest BCUT2D eigenvalue weighted by Crippen LogP contribution is 2.51. The minimum Gasteiger partial charge on any atom is -0.465 e. The number of amides is 3. The Morgan fingerprint density at radius 1 is 1.11 bits per heavy atom. The number of likely N-dealkylation sites (tertiary alicyclic amines) is 1. The zero-order chi connectivity index (χ0) is 25.8. The maximum absolute atomic E-state index is 14.1. The molecular formula is C25H33N3O6S. The van der Waals surface area contributed by atoms with E-state index >= 15 is 0 Å². The molecule has 0 aromatic heterocycles. The van der Waals surface area contributed by atoms with Crippen molar-refractivity contribution in [3.8, 4) is 0 Å². The van der Waals surface area contributed by atoms with Crippen LogP contribution in [0.4, 0.5) is 4.79 Å². The van der Waals surface area contributed by atoms with Gasteiger partial charge in [0.2, 0.25) is 15.9 Å². The number of carbonyl (C=O) groups is 3. The van der Waals surface area contributed by atoms with E-state index in [4.69, 9.17) is 0 Å². The number of rotatable bonds is 7. The molecule has 2 aliphatic carbocycles. The molecule has 0 radical (unpaired) electrons. The third-order valence-corrected chi connectivity index (χ3v) is 9.58. The predicted molar refractivity (Wildman–Crippen MR) is 130 cm³/mol. The summed E-state index contributed by atoms with van der Waals surface area (Å²) >= 11 is 0. The molecule has 9 nitrogen and oxygen atoms in total. The molecule has 3 fully saturated rings. The van der Waals surface area contributed by atoms with E-state index in [9.17, 15) is 27.9 Å². The Labute approximate surface area is 206 Å². The van der Waals surface area contributed by atoms with E-state index in [0.717, 1.165) is 5.56 Å². The third kappa shape index (κ3) is 4.22. The standard InChI is InChI=1S/C25H33N3O6S/c1-5-18-14-24(18,20(29)27-35(33,34)19-11-12-19)26-21(30)25(23(2,3)4)13-17(15-28(25)22(31)32)16-9-7-6-8-10-16/h5-10,17-19H,1,11-15H2,2-4H3,(H,26,30)(H,27,29)(H,31,32)/t17-,18-,24-,25-/m1/s1. The molecule has 0 bridgehead atoms. The highest BCUT2D eigenvalue weighted by Gasteiger charge is 2.66. The first-order chi connectivity index (χ1) is 16.3. The summed E-state index contributed by atoms with van der Waals surface area (Å²) in [5.41, 5.74) is -2.85. The van der Waals surface area contributed by atoms with E-state index in [0.29, 0.717) is 12.8 Å². The molecule has 3 amide bonds. The second-order valence-electron chi connectivity index (χ2n) is 11.0. The molecule has 0 unspecified atom stereocenters. The zero-order valence-corrected chi connectivity index (χ0v) is 21.1. The molecule has 4 rings (SSSR count). The summed E-state index contributed by atoms with van der Waals surface area (Å²) in [7, 11) is -3.82. The number of carbonyl (C=O) groups excluding carboxylic acids is 2. The molecule has 1 heterocycles. The smallest absolute Gasteiger partial charge is 0.408 e. The van der Waals surface area contributed by atoms with Gasteiger partial charge >= 0.3 is 6.09 Å². The summed E-state index contributed by atoms with van der Waals surface area (Å²) in [6.07, 6.45) is 1.71. The van der Waals surface area contributed by atoms with Gasteiger partial charge in [-0.25, -0.2) is 13.2 Å². The van der Waals surface area contributed by atoms with Gasteiger partial charge in [-0.1, -0.05) is 57.2 Å². The summed E-state index contributed by atoms with van der Waals surface area (Å²) in [5, 5.41) is 12.4. The van der Waals surface area contributed by atoms with Crippen LogP contribution in [0, 0.1) is 11.3 Å².